The van der Waals surface area contributed by atoms with Gasteiger partial charge in [-0.3, -0.25) is 4.79 Å². The van der Waals surface area contributed by atoms with Gasteiger partial charge in [0, 0.05) is 0 Å². The molecular weight excluding hydrogens is 244 g/mol. The highest BCUT2D eigenvalue weighted by Gasteiger charge is 2.43. The Bertz CT molecular complexity index is 405. The monoisotopic (exact) mass is 264 g/mol. The van der Waals surface area contributed by atoms with E-state index in [1.165, 1.54) is 19.3 Å². The number of fused-ring (bicyclic) bond motifs is 4. The summed E-state index contributed by atoms with van der Waals surface area (Å²) in [6.07, 6.45) is 10.2. The van der Waals surface area contributed by atoms with E-state index in [1.54, 1.807) is 0 Å². The second-order valence-corrected chi connectivity index (χ2v) is 6.33. The zero-order chi connectivity index (χ0) is 12.8. The molecule has 2 aliphatic heterocycles. The lowest BCUT2D eigenvalue weighted by Crippen LogP contribution is -2.28. The molecular formula is C15H20O4. The van der Waals surface area contributed by atoms with Gasteiger partial charge >= 0.3 is 5.97 Å². The van der Waals surface area contributed by atoms with Crippen LogP contribution in [0.1, 0.15) is 32.1 Å². The molecule has 4 heteroatoms. The molecule has 6 unspecified atom stereocenters. The fraction of sp³-hybridized carbons (Fsp3) is 0.800. The summed E-state index contributed by atoms with van der Waals surface area (Å²) in [6.45, 7) is 0.115. The van der Waals surface area contributed by atoms with Gasteiger partial charge in [-0.25, -0.2) is 0 Å². The summed E-state index contributed by atoms with van der Waals surface area (Å²) in [4.78, 5) is 12.0. The number of hydrogen-bond donors (Lipinski definition) is 0. The summed E-state index contributed by atoms with van der Waals surface area (Å²) < 4.78 is 16.6. The van der Waals surface area contributed by atoms with Gasteiger partial charge in [0.05, 0.1) is 24.2 Å². The van der Waals surface area contributed by atoms with Crippen LogP contribution in [0.25, 0.3) is 0 Å². The lowest BCUT2D eigenvalue weighted by atomic mass is 9.95. The van der Waals surface area contributed by atoms with Gasteiger partial charge in [0.2, 0.25) is 0 Å². The minimum atomic E-state index is -0.167. The molecule has 19 heavy (non-hydrogen) atoms. The van der Waals surface area contributed by atoms with E-state index in [0.717, 1.165) is 18.8 Å². The maximum absolute atomic E-state index is 12.0. The van der Waals surface area contributed by atoms with Gasteiger partial charge in [0.25, 0.3) is 0 Å². The normalized spacial score (nSPS) is 46.1. The summed E-state index contributed by atoms with van der Waals surface area (Å²) in [5.41, 5.74) is 0. The molecule has 4 bridgehead atoms. The first-order valence-electron chi connectivity index (χ1n) is 7.41. The molecule has 1 saturated heterocycles. The minimum Gasteiger partial charge on any atom is -0.438 e. The van der Waals surface area contributed by atoms with Crippen LogP contribution in [0.3, 0.4) is 0 Å². The third kappa shape index (κ3) is 2.11. The van der Waals surface area contributed by atoms with Gasteiger partial charge in [0.15, 0.2) is 6.79 Å². The zero-order valence-corrected chi connectivity index (χ0v) is 11.0. The molecule has 0 N–H and O–H groups in total. The molecule has 4 nitrogen and oxygen atoms in total. The van der Waals surface area contributed by atoms with Crippen LogP contribution < -0.4 is 0 Å². The van der Waals surface area contributed by atoms with Gasteiger partial charge in [0.1, 0.15) is 0 Å². The van der Waals surface area contributed by atoms with Crippen LogP contribution in [0.15, 0.2) is 12.2 Å². The minimum absolute atomic E-state index is 0.0695. The Morgan fingerprint density at radius 3 is 2.79 bits per heavy atom. The highest BCUT2D eigenvalue weighted by molar-refractivity contribution is 5.74. The Morgan fingerprint density at radius 2 is 2.16 bits per heavy atom. The van der Waals surface area contributed by atoms with Crippen molar-refractivity contribution < 1.29 is 19.0 Å². The van der Waals surface area contributed by atoms with Crippen LogP contribution in [-0.2, 0) is 19.0 Å². The SMILES string of the molecule is O=C(OCOC1CC2CCC1C2)C1CC2C=CC1O2. The van der Waals surface area contributed by atoms with Gasteiger partial charge in [-0.1, -0.05) is 12.2 Å². The Morgan fingerprint density at radius 1 is 1.21 bits per heavy atom. The third-order valence-electron chi connectivity index (χ3n) is 5.19. The van der Waals surface area contributed by atoms with E-state index in [2.05, 4.69) is 0 Å². The molecule has 4 rings (SSSR count). The van der Waals surface area contributed by atoms with Crippen molar-refractivity contribution in [3.8, 4) is 0 Å². The molecule has 0 aromatic carbocycles. The first-order chi connectivity index (χ1) is 9.29. The molecule has 0 aromatic rings. The van der Waals surface area contributed by atoms with E-state index in [-0.39, 0.29) is 30.9 Å². The van der Waals surface area contributed by atoms with Crippen LogP contribution in [0.5, 0.6) is 0 Å². The highest BCUT2D eigenvalue weighted by Crippen LogP contribution is 2.45. The molecule has 3 fully saturated rings. The number of rotatable bonds is 4. The molecule has 0 aromatic heterocycles. The molecule has 0 spiro atoms. The second-order valence-electron chi connectivity index (χ2n) is 6.33. The number of hydrogen-bond acceptors (Lipinski definition) is 4. The average Bonchev–Trinajstić information content (AvgIpc) is 3.18. The number of carbonyl (C=O) groups excluding carboxylic acids is 1. The average molecular weight is 264 g/mol. The zero-order valence-electron chi connectivity index (χ0n) is 11.0. The van der Waals surface area contributed by atoms with E-state index in [9.17, 15) is 4.79 Å². The maximum Gasteiger partial charge on any atom is 0.314 e. The molecule has 104 valence electrons. The van der Waals surface area contributed by atoms with Crippen LogP contribution >= 0.6 is 0 Å². The van der Waals surface area contributed by atoms with E-state index in [4.69, 9.17) is 14.2 Å². The Labute approximate surface area is 113 Å². The lowest BCUT2D eigenvalue weighted by molar-refractivity contribution is -0.168. The smallest absolute Gasteiger partial charge is 0.314 e. The van der Waals surface area contributed by atoms with Gasteiger partial charge in [-0.2, -0.15) is 0 Å². The van der Waals surface area contributed by atoms with Crippen molar-refractivity contribution in [2.45, 2.75) is 50.4 Å². The predicted octanol–water partition coefficient (Wildman–Crippen LogP) is 2.04. The summed E-state index contributed by atoms with van der Waals surface area (Å²) >= 11 is 0. The van der Waals surface area contributed by atoms with Crippen LogP contribution in [-0.4, -0.2) is 31.1 Å². The van der Waals surface area contributed by atoms with E-state index in [0.29, 0.717) is 12.0 Å². The largest absolute Gasteiger partial charge is 0.438 e. The van der Waals surface area contributed by atoms with Gasteiger partial charge in [-0.05, 0) is 43.9 Å². The molecule has 6 atom stereocenters. The van der Waals surface area contributed by atoms with E-state index in [1.807, 2.05) is 12.2 Å². The molecule has 2 heterocycles. The van der Waals surface area contributed by atoms with Crippen LogP contribution in [0.4, 0.5) is 0 Å². The predicted molar refractivity (Wildman–Crippen MR) is 67.2 cm³/mol. The summed E-state index contributed by atoms with van der Waals surface area (Å²) in [6, 6.07) is 0. The first kappa shape index (κ1) is 11.9. The maximum atomic E-state index is 12.0. The fourth-order valence-electron chi connectivity index (χ4n) is 4.18. The molecule has 2 aliphatic carbocycles. The number of esters is 1. The quantitative estimate of drug-likeness (QED) is 0.443. The van der Waals surface area contributed by atoms with Crippen molar-refractivity contribution in [3.05, 3.63) is 12.2 Å². The number of ether oxygens (including phenoxy) is 3. The molecule has 4 aliphatic rings. The standard InChI is InChI=1S/C15H20O4/c16-15(12-7-11-3-4-13(12)19-11)18-8-17-14-6-9-1-2-10(14)5-9/h3-4,9-14H,1-2,5-8H2. The Balaban J connectivity index is 1.23. The van der Waals surface area contributed by atoms with E-state index < -0.39 is 0 Å². The molecule has 0 amide bonds. The molecule has 0 radical (unpaired) electrons. The highest BCUT2D eigenvalue weighted by atomic mass is 16.7. The first-order valence-corrected chi connectivity index (χ1v) is 7.41. The van der Waals surface area contributed by atoms with Gasteiger partial charge < -0.3 is 14.2 Å². The van der Waals surface area contributed by atoms with Gasteiger partial charge in [-0.15, -0.1) is 0 Å². The third-order valence-corrected chi connectivity index (χ3v) is 5.19. The second kappa shape index (κ2) is 4.60. The van der Waals surface area contributed by atoms with Crippen LogP contribution in [0, 0.1) is 17.8 Å². The Hall–Kier alpha value is -0.870. The van der Waals surface area contributed by atoms with E-state index >= 15 is 0 Å². The lowest BCUT2D eigenvalue weighted by Gasteiger charge is -2.22. The fourth-order valence-corrected chi connectivity index (χ4v) is 4.18. The summed E-state index contributed by atoms with van der Waals surface area (Å²) in [7, 11) is 0. The van der Waals surface area contributed by atoms with Crippen molar-refractivity contribution in [1.29, 1.82) is 0 Å². The van der Waals surface area contributed by atoms with Crippen molar-refractivity contribution in [2.75, 3.05) is 6.79 Å². The topological polar surface area (TPSA) is 44.8 Å². The molecule has 2 saturated carbocycles. The number of carbonyl (C=O) groups is 1. The van der Waals surface area contributed by atoms with Crippen molar-refractivity contribution in [2.24, 2.45) is 17.8 Å². The van der Waals surface area contributed by atoms with Crippen molar-refractivity contribution in [1.82, 2.24) is 0 Å². The Kier molecular flexibility index (Phi) is 2.88. The summed E-state index contributed by atoms with van der Waals surface area (Å²) in [5.74, 6) is 1.27. The van der Waals surface area contributed by atoms with Crippen molar-refractivity contribution in [3.63, 3.8) is 0 Å². The van der Waals surface area contributed by atoms with Crippen LogP contribution in [0.2, 0.25) is 0 Å². The summed E-state index contributed by atoms with van der Waals surface area (Å²) in [5, 5.41) is 0. The van der Waals surface area contributed by atoms with Crippen molar-refractivity contribution >= 4 is 5.97 Å².